The normalized spacial score (nSPS) is 31.3. The van der Waals surface area contributed by atoms with Gasteiger partial charge in [-0.1, -0.05) is 61.8 Å². The molecule has 3 saturated carbocycles. The molecule has 0 radical (unpaired) electrons. The molecule has 6 heteroatoms. The molecule has 0 aromatic rings. The number of rotatable bonds is 9. The summed E-state index contributed by atoms with van der Waals surface area (Å²) in [6, 6.07) is 0. The molecule has 3 aliphatic rings. The van der Waals surface area contributed by atoms with Gasteiger partial charge in [0.15, 0.2) is 11.4 Å². The number of aliphatic hydroxyl groups excluding tert-OH is 2. The third-order valence-electron chi connectivity index (χ3n) is 8.58. The van der Waals surface area contributed by atoms with Crippen molar-refractivity contribution in [2.45, 2.75) is 110 Å². The van der Waals surface area contributed by atoms with Gasteiger partial charge in [-0.3, -0.25) is 4.79 Å². The van der Waals surface area contributed by atoms with Crippen LogP contribution in [0.3, 0.4) is 0 Å². The zero-order chi connectivity index (χ0) is 27.2. The molecule has 6 nitrogen and oxygen atoms in total. The Bertz CT molecular complexity index is 929. The van der Waals surface area contributed by atoms with Crippen molar-refractivity contribution in [1.29, 1.82) is 0 Å². The molecule has 0 heterocycles. The molecule has 0 aliphatic heterocycles. The Morgan fingerprint density at radius 3 is 2.51 bits per heavy atom. The molecule has 0 bridgehead atoms. The molecule has 0 aromatic carbocycles. The second kappa shape index (κ2) is 12.6. The standard InChI is InChI=1S/C31H46O6/c1-6-7-17-36-29(35)37-30(3,4)28(34)15-10-21(2)26-13-14-27-23(9-8-16-31(26,27)5)12-11-22-18-24(32)20-25(33)19-22/h10-12,15,24-27,32-33H,2,6-9,13-14,16-20H2,1,3-5H3/b15-10+,23-12+/t24-,25-,26-,27+,31-/m1/s1. The summed E-state index contributed by atoms with van der Waals surface area (Å²) in [7, 11) is 0. The van der Waals surface area contributed by atoms with Crippen LogP contribution in [0.15, 0.2) is 47.6 Å². The minimum atomic E-state index is -1.31. The van der Waals surface area contributed by atoms with Crippen LogP contribution in [0.1, 0.15) is 91.9 Å². The van der Waals surface area contributed by atoms with Crippen LogP contribution in [0.5, 0.6) is 0 Å². The molecule has 3 rings (SSSR count). The number of hydrogen-bond donors (Lipinski definition) is 2. The van der Waals surface area contributed by atoms with Crippen LogP contribution >= 0.6 is 0 Å². The average molecular weight is 515 g/mol. The summed E-state index contributed by atoms with van der Waals surface area (Å²) in [5, 5.41) is 20.0. The molecule has 3 aliphatic carbocycles. The lowest BCUT2D eigenvalue weighted by atomic mass is 9.62. The first-order chi connectivity index (χ1) is 17.5. The average Bonchev–Trinajstić information content (AvgIpc) is 3.17. The summed E-state index contributed by atoms with van der Waals surface area (Å²) >= 11 is 0. The van der Waals surface area contributed by atoms with Crippen LogP contribution in [0, 0.1) is 17.3 Å². The number of ketones is 1. The molecule has 0 aromatic heterocycles. The molecule has 206 valence electrons. The third kappa shape index (κ3) is 7.44. The number of ether oxygens (including phenoxy) is 2. The summed E-state index contributed by atoms with van der Waals surface area (Å²) in [5.74, 6) is 0.438. The summed E-state index contributed by atoms with van der Waals surface area (Å²) in [6.07, 6.45) is 14.7. The molecule has 5 atom stereocenters. The van der Waals surface area contributed by atoms with Crippen LogP contribution < -0.4 is 0 Å². The largest absolute Gasteiger partial charge is 0.509 e. The van der Waals surface area contributed by atoms with Crippen LogP contribution in [0.4, 0.5) is 4.79 Å². The highest BCUT2D eigenvalue weighted by Crippen LogP contribution is 2.59. The van der Waals surface area contributed by atoms with Crippen molar-refractivity contribution in [2.75, 3.05) is 6.61 Å². The summed E-state index contributed by atoms with van der Waals surface area (Å²) in [6.45, 7) is 12.1. The highest BCUT2D eigenvalue weighted by molar-refractivity contribution is 5.97. The van der Waals surface area contributed by atoms with Crippen LogP contribution in [0.25, 0.3) is 0 Å². The molecular weight excluding hydrogens is 468 g/mol. The lowest BCUT2D eigenvalue weighted by Crippen LogP contribution is -2.36. The van der Waals surface area contributed by atoms with Gasteiger partial charge in [0.1, 0.15) is 0 Å². The lowest BCUT2D eigenvalue weighted by Gasteiger charge is -2.42. The molecular formula is C31H46O6. The van der Waals surface area contributed by atoms with Gasteiger partial charge in [0, 0.05) is 0 Å². The fourth-order valence-corrected chi connectivity index (χ4v) is 6.47. The summed E-state index contributed by atoms with van der Waals surface area (Å²) in [4.78, 5) is 24.8. The number of carbonyl (C=O) groups is 2. The first kappa shape index (κ1) is 29.4. The van der Waals surface area contributed by atoms with E-state index in [9.17, 15) is 19.8 Å². The number of aliphatic hydroxyl groups is 2. The predicted molar refractivity (Wildman–Crippen MR) is 145 cm³/mol. The van der Waals surface area contributed by atoms with Crippen molar-refractivity contribution in [2.24, 2.45) is 17.3 Å². The third-order valence-corrected chi connectivity index (χ3v) is 8.58. The Balaban J connectivity index is 1.64. The first-order valence-electron chi connectivity index (χ1n) is 14.0. The smallest absolute Gasteiger partial charge is 0.434 e. The van der Waals surface area contributed by atoms with Gasteiger partial charge < -0.3 is 19.7 Å². The van der Waals surface area contributed by atoms with Crippen molar-refractivity contribution >= 4 is 11.9 Å². The van der Waals surface area contributed by atoms with Gasteiger partial charge in [-0.25, -0.2) is 4.79 Å². The van der Waals surface area contributed by atoms with E-state index < -0.39 is 24.0 Å². The Morgan fingerprint density at radius 1 is 1.14 bits per heavy atom. The highest BCUT2D eigenvalue weighted by Gasteiger charge is 2.49. The monoisotopic (exact) mass is 514 g/mol. The van der Waals surface area contributed by atoms with Gasteiger partial charge in [0.2, 0.25) is 0 Å². The van der Waals surface area contributed by atoms with E-state index in [4.69, 9.17) is 9.47 Å². The molecule has 3 fully saturated rings. The predicted octanol–water partition coefficient (Wildman–Crippen LogP) is 6.37. The Hall–Kier alpha value is -2.18. The maximum Gasteiger partial charge on any atom is 0.509 e. The van der Waals surface area contributed by atoms with Gasteiger partial charge in [-0.15, -0.1) is 0 Å². The fraction of sp³-hybridized carbons (Fsp3) is 0.677. The molecule has 2 N–H and O–H groups in total. The quantitative estimate of drug-likeness (QED) is 0.161. The van der Waals surface area contributed by atoms with Crippen LogP contribution in [0.2, 0.25) is 0 Å². The fourth-order valence-electron chi connectivity index (χ4n) is 6.47. The lowest BCUT2D eigenvalue weighted by molar-refractivity contribution is -0.131. The summed E-state index contributed by atoms with van der Waals surface area (Å²) < 4.78 is 10.3. The van der Waals surface area contributed by atoms with E-state index in [0.29, 0.717) is 25.2 Å². The Morgan fingerprint density at radius 2 is 1.84 bits per heavy atom. The van der Waals surface area contributed by atoms with Crippen molar-refractivity contribution in [3.8, 4) is 0 Å². The molecule has 0 spiro atoms. The van der Waals surface area contributed by atoms with Gasteiger partial charge in [-0.2, -0.15) is 0 Å². The van der Waals surface area contributed by atoms with E-state index in [1.807, 2.05) is 6.92 Å². The number of carbonyl (C=O) groups excluding carboxylic acids is 2. The zero-order valence-electron chi connectivity index (χ0n) is 23.1. The number of allylic oxidation sites excluding steroid dienone is 5. The van der Waals surface area contributed by atoms with E-state index in [0.717, 1.165) is 56.1 Å². The van der Waals surface area contributed by atoms with Crippen LogP contribution in [-0.2, 0) is 14.3 Å². The topological polar surface area (TPSA) is 93.1 Å². The van der Waals surface area contributed by atoms with Gasteiger partial charge in [-0.05, 0) is 95.0 Å². The van der Waals surface area contributed by atoms with E-state index in [2.05, 4.69) is 25.7 Å². The second-order valence-electron chi connectivity index (χ2n) is 11.9. The SMILES string of the molecule is C=C(/C=C/C(=O)C(C)(C)OC(=O)OCCCC)[C@H]1CC[C@H]2/C(=C/C=C3C[C@@H](O)C[C@H](O)C3)CCC[C@]12C. The van der Waals surface area contributed by atoms with Crippen molar-refractivity contribution in [1.82, 2.24) is 0 Å². The maximum atomic E-state index is 12.8. The van der Waals surface area contributed by atoms with E-state index in [-0.39, 0.29) is 23.7 Å². The Kier molecular flexibility index (Phi) is 9.99. The minimum absolute atomic E-state index is 0.0771. The van der Waals surface area contributed by atoms with Gasteiger partial charge >= 0.3 is 6.16 Å². The first-order valence-corrected chi connectivity index (χ1v) is 14.0. The number of unbranched alkanes of at least 4 members (excludes halogenated alkanes) is 1. The molecule has 37 heavy (non-hydrogen) atoms. The Labute approximate surface area is 222 Å². The minimum Gasteiger partial charge on any atom is -0.434 e. The van der Waals surface area contributed by atoms with Crippen molar-refractivity contribution in [3.63, 3.8) is 0 Å². The van der Waals surface area contributed by atoms with Crippen molar-refractivity contribution in [3.05, 3.63) is 47.6 Å². The molecule has 0 saturated heterocycles. The molecule has 0 amide bonds. The van der Waals surface area contributed by atoms with Gasteiger partial charge in [0.05, 0.1) is 18.8 Å². The number of fused-ring (bicyclic) bond motifs is 1. The van der Waals surface area contributed by atoms with E-state index in [1.165, 1.54) is 11.6 Å². The summed E-state index contributed by atoms with van der Waals surface area (Å²) in [5.41, 5.74) is 2.27. The van der Waals surface area contributed by atoms with Gasteiger partial charge in [0.25, 0.3) is 0 Å². The highest BCUT2D eigenvalue weighted by atomic mass is 16.7. The van der Waals surface area contributed by atoms with E-state index in [1.54, 1.807) is 19.9 Å². The van der Waals surface area contributed by atoms with E-state index >= 15 is 0 Å². The second-order valence-corrected chi connectivity index (χ2v) is 11.9. The zero-order valence-corrected chi connectivity index (χ0v) is 23.1. The molecule has 0 unspecified atom stereocenters. The van der Waals surface area contributed by atoms with Crippen molar-refractivity contribution < 1.29 is 29.3 Å². The van der Waals surface area contributed by atoms with Crippen LogP contribution in [-0.4, -0.2) is 46.6 Å². The number of hydrogen-bond acceptors (Lipinski definition) is 6. The maximum absolute atomic E-state index is 12.8.